The first-order chi connectivity index (χ1) is 14.2. The van der Waals surface area contributed by atoms with Crippen molar-refractivity contribution in [3.8, 4) is 11.3 Å². The predicted octanol–water partition coefficient (Wildman–Crippen LogP) is 6.66. The van der Waals surface area contributed by atoms with Gasteiger partial charge in [0, 0.05) is 5.69 Å². The van der Waals surface area contributed by atoms with E-state index >= 15 is 0 Å². The average molecular weight is 417 g/mol. The van der Waals surface area contributed by atoms with Crippen LogP contribution in [0.3, 0.4) is 0 Å². The van der Waals surface area contributed by atoms with Gasteiger partial charge in [0.1, 0.15) is 34.5 Å². The molecule has 2 aromatic heterocycles. The number of imidazole rings is 1. The minimum absolute atomic E-state index is 0.0868. The number of halogens is 5. The van der Waals surface area contributed by atoms with Gasteiger partial charge < -0.3 is 5.32 Å². The number of hydrogen-bond donors (Lipinski definition) is 1. The van der Waals surface area contributed by atoms with Gasteiger partial charge in [0.15, 0.2) is 0 Å². The molecule has 0 amide bonds. The number of hydrogen-bond acceptors (Lipinski definition) is 2. The quantitative estimate of drug-likeness (QED) is 0.378. The number of aryl methyl sites for hydroxylation is 2. The fraction of sp³-hybridized carbons (Fsp3) is 0.136. The number of anilines is 2. The Hall–Kier alpha value is -3.42. The second kappa shape index (κ2) is 7.12. The third kappa shape index (κ3) is 3.28. The summed E-state index contributed by atoms with van der Waals surface area (Å²) in [4.78, 5) is 4.15. The van der Waals surface area contributed by atoms with E-state index in [2.05, 4.69) is 10.3 Å². The topological polar surface area (TPSA) is 29.3 Å². The lowest BCUT2D eigenvalue weighted by Gasteiger charge is -2.17. The normalized spacial score (nSPS) is 11.8. The maximum atomic E-state index is 14.5. The Morgan fingerprint density at radius 3 is 2.00 bits per heavy atom. The molecule has 0 fully saturated rings. The smallest absolute Gasteiger partial charge is 0.339 e. The number of alkyl halides is 3. The molecule has 8 heteroatoms. The molecular weight excluding hydrogens is 401 g/mol. The predicted molar refractivity (Wildman–Crippen MR) is 105 cm³/mol. The van der Waals surface area contributed by atoms with Gasteiger partial charge in [-0.15, -0.1) is 0 Å². The maximum absolute atomic E-state index is 14.5. The zero-order chi connectivity index (χ0) is 21.6. The van der Waals surface area contributed by atoms with Gasteiger partial charge in [-0.05, 0) is 49.2 Å². The molecule has 0 radical (unpaired) electrons. The van der Waals surface area contributed by atoms with Gasteiger partial charge in [-0.3, -0.25) is 4.40 Å². The average Bonchev–Trinajstić information content (AvgIpc) is 3.02. The van der Waals surface area contributed by atoms with Crippen molar-refractivity contribution in [3.05, 3.63) is 83.1 Å². The van der Waals surface area contributed by atoms with Gasteiger partial charge in [-0.25, -0.2) is 13.8 Å². The number of para-hydroxylation sites is 1. The van der Waals surface area contributed by atoms with E-state index in [4.69, 9.17) is 0 Å². The fourth-order valence-corrected chi connectivity index (χ4v) is 3.46. The van der Waals surface area contributed by atoms with Gasteiger partial charge >= 0.3 is 6.18 Å². The van der Waals surface area contributed by atoms with E-state index in [-0.39, 0.29) is 17.2 Å². The molecule has 0 aliphatic carbocycles. The second-order valence-corrected chi connectivity index (χ2v) is 6.90. The molecule has 1 N–H and O–H groups in total. The third-order valence-corrected chi connectivity index (χ3v) is 4.86. The van der Waals surface area contributed by atoms with Crippen LogP contribution in [0.1, 0.15) is 16.8 Å². The minimum Gasteiger partial charge on any atom is -0.339 e. The summed E-state index contributed by atoms with van der Waals surface area (Å²) in [5.41, 5.74) is 0.214. The summed E-state index contributed by atoms with van der Waals surface area (Å²) in [7, 11) is 0. The SMILES string of the molecule is Cc1cccc(C)c1Nc1c(-c2c(F)cccc2F)nc2cccc(C(F)(F)F)n12. The summed E-state index contributed by atoms with van der Waals surface area (Å²) in [6.45, 7) is 3.57. The first-order valence-corrected chi connectivity index (χ1v) is 9.04. The number of pyridine rings is 1. The second-order valence-electron chi connectivity index (χ2n) is 6.90. The van der Waals surface area contributed by atoms with Crippen LogP contribution in [-0.4, -0.2) is 9.38 Å². The largest absolute Gasteiger partial charge is 0.431 e. The molecule has 0 aliphatic rings. The monoisotopic (exact) mass is 417 g/mol. The Morgan fingerprint density at radius 1 is 0.833 bits per heavy atom. The van der Waals surface area contributed by atoms with E-state index in [1.54, 1.807) is 26.0 Å². The van der Waals surface area contributed by atoms with Crippen molar-refractivity contribution < 1.29 is 22.0 Å². The molecule has 0 saturated heterocycles. The van der Waals surface area contributed by atoms with Crippen molar-refractivity contribution in [2.24, 2.45) is 0 Å². The molecule has 0 aliphatic heterocycles. The first-order valence-electron chi connectivity index (χ1n) is 9.04. The van der Waals surface area contributed by atoms with Crippen LogP contribution in [0, 0.1) is 25.5 Å². The summed E-state index contributed by atoms with van der Waals surface area (Å²) >= 11 is 0. The van der Waals surface area contributed by atoms with Gasteiger partial charge in [0.25, 0.3) is 0 Å². The summed E-state index contributed by atoms with van der Waals surface area (Å²) in [5.74, 6) is -2.01. The van der Waals surface area contributed by atoms with Crippen molar-refractivity contribution in [3.63, 3.8) is 0 Å². The van der Waals surface area contributed by atoms with Crippen LogP contribution in [0.4, 0.5) is 33.5 Å². The number of nitrogens with one attached hydrogen (secondary N) is 1. The van der Waals surface area contributed by atoms with Gasteiger partial charge in [0.05, 0.1) is 5.56 Å². The Morgan fingerprint density at radius 2 is 1.40 bits per heavy atom. The molecule has 2 heterocycles. The van der Waals surface area contributed by atoms with Crippen LogP contribution in [-0.2, 0) is 6.18 Å². The van der Waals surface area contributed by atoms with Crippen LogP contribution >= 0.6 is 0 Å². The molecule has 154 valence electrons. The van der Waals surface area contributed by atoms with Crippen molar-refractivity contribution in [2.45, 2.75) is 20.0 Å². The van der Waals surface area contributed by atoms with Crippen molar-refractivity contribution in [1.82, 2.24) is 9.38 Å². The first kappa shape index (κ1) is 19.9. The van der Waals surface area contributed by atoms with Crippen LogP contribution < -0.4 is 5.32 Å². The molecule has 4 rings (SSSR count). The maximum Gasteiger partial charge on any atom is 0.431 e. The van der Waals surface area contributed by atoms with Gasteiger partial charge in [-0.1, -0.05) is 30.3 Å². The molecule has 4 aromatic rings. The molecule has 0 atom stereocenters. The van der Waals surface area contributed by atoms with E-state index in [1.165, 1.54) is 18.2 Å². The minimum atomic E-state index is -4.71. The molecule has 0 spiro atoms. The zero-order valence-corrected chi connectivity index (χ0v) is 16.0. The van der Waals surface area contributed by atoms with Gasteiger partial charge in [0.2, 0.25) is 0 Å². The van der Waals surface area contributed by atoms with E-state index in [0.29, 0.717) is 5.69 Å². The highest BCUT2D eigenvalue weighted by Gasteiger charge is 2.35. The van der Waals surface area contributed by atoms with Crippen LogP contribution in [0.5, 0.6) is 0 Å². The molecular formula is C22H16F5N3. The highest BCUT2D eigenvalue weighted by molar-refractivity contribution is 5.82. The summed E-state index contributed by atoms with van der Waals surface area (Å²) in [6.07, 6.45) is -4.71. The number of rotatable bonds is 3. The lowest BCUT2D eigenvalue weighted by molar-refractivity contribution is -0.141. The van der Waals surface area contributed by atoms with E-state index in [9.17, 15) is 22.0 Å². The molecule has 3 nitrogen and oxygen atoms in total. The zero-order valence-electron chi connectivity index (χ0n) is 16.0. The Balaban J connectivity index is 2.09. The van der Waals surface area contributed by atoms with Gasteiger partial charge in [-0.2, -0.15) is 13.2 Å². The summed E-state index contributed by atoms with van der Waals surface area (Å²) in [6, 6.07) is 12.1. The van der Waals surface area contributed by atoms with E-state index in [0.717, 1.165) is 33.7 Å². The van der Waals surface area contributed by atoms with E-state index in [1.807, 2.05) is 6.07 Å². The van der Waals surface area contributed by atoms with Crippen molar-refractivity contribution in [1.29, 1.82) is 0 Å². The highest BCUT2D eigenvalue weighted by Crippen LogP contribution is 2.39. The molecule has 0 bridgehead atoms. The number of aromatic nitrogens is 2. The molecule has 2 aromatic carbocycles. The Bertz CT molecular complexity index is 1220. The molecule has 0 saturated carbocycles. The lowest BCUT2D eigenvalue weighted by Crippen LogP contribution is -2.13. The van der Waals surface area contributed by atoms with E-state index < -0.39 is 29.1 Å². The van der Waals surface area contributed by atoms with Crippen LogP contribution in [0.2, 0.25) is 0 Å². The van der Waals surface area contributed by atoms with Crippen molar-refractivity contribution in [2.75, 3.05) is 5.32 Å². The van der Waals surface area contributed by atoms with Crippen molar-refractivity contribution >= 4 is 17.2 Å². The molecule has 0 unspecified atom stereocenters. The lowest BCUT2D eigenvalue weighted by atomic mass is 10.1. The molecule has 30 heavy (non-hydrogen) atoms. The summed E-state index contributed by atoms with van der Waals surface area (Å²) in [5, 5.41) is 2.96. The number of benzene rings is 2. The summed E-state index contributed by atoms with van der Waals surface area (Å²) < 4.78 is 71.1. The Kier molecular flexibility index (Phi) is 4.72. The standard InChI is InChI=1S/C22H16F5N3/c1-12-6-3-7-13(2)19(12)29-21-20(18-14(23)8-4-9-15(18)24)28-17-11-5-10-16(30(17)21)22(25,26)27/h3-11,29H,1-2H3. The highest BCUT2D eigenvalue weighted by atomic mass is 19.4. The number of nitrogens with zero attached hydrogens (tertiary/aromatic N) is 2. The van der Waals surface area contributed by atoms with Crippen LogP contribution in [0.25, 0.3) is 16.9 Å². The Labute approximate surface area is 168 Å². The fourth-order valence-electron chi connectivity index (χ4n) is 3.46. The van der Waals surface area contributed by atoms with Crippen LogP contribution in [0.15, 0.2) is 54.6 Å². The number of fused-ring (bicyclic) bond motifs is 1. The third-order valence-electron chi connectivity index (χ3n) is 4.86.